The molecule has 29 heavy (non-hydrogen) atoms. The van der Waals surface area contributed by atoms with Crippen molar-refractivity contribution in [2.24, 2.45) is 0 Å². The SMILES string of the molecule is Cc1ccc(S(=O)(=O)N(CC(=O)NC2CCCCC2)c2cc(C)cc(C)c2)cc1. The van der Waals surface area contributed by atoms with E-state index in [0.29, 0.717) is 5.69 Å². The molecular weight excluding hydrogens is 384 g/mol. The fraction of sp³-hybridized carbons (Fsp3) is 0.435. The molecule has 156 valence electrons. The van der Waals surface area contributed by atoms with E-state index in [2.05, 4.69) is 5.32 Å². The van der Waals surface area contributed by atoms with Crippen molar-refractivity contribution in [1.29, 1.82) is 0 Å². The molecule has 0 saturated heterocycles. The molecule has 2 aromatic rings. The van der Waals surface area contributed by atoms with Gasteiger partial charge in [-0.15, -0.1) is 0 Å². The number of nitrogens with one attached hydrogen (secondary N) is 1. The minimum absolute atomic E-state index is 0.138. The fourth-order valence-electron chi connectivity index (χ4n) is 3.90. The molecule has 1 N–H and O–H groups in total. The summed E-state index contributed by atoms with van der Waals surface area (Å²) in [6.45, 7) is 5.54. The summed E-state index contributed by atoms with van der Waals surface area (Å²) in [7, 11) is -3.87. The Hall–Kier alpha value is -2.34. The van der Waals surface area contributed by atoms with Crippen LogP contribution in [0.5, 0.6) is 0 Å². The topological polar surface area (TPSA) is 66.5 Å². The van der Waals surface area contributed by atoms with Gasteiger partial charge >= 0.3 is 0 Å². The second kappa shape index (κ2) is 8.99. The van der Waals surface area contributed by atoms with Crippen molar-refractivity contribution in [3.8, 4) is 0 Å². The number of sulfonamides is 1. The van der Waals surface area contributed by atoms with E-state index in [1.807, 2.05) is 39.0 Å². The zero-order valence-electron chi connectivity index (χ0n) is 17.4. The largest absolute Gasteiger partial charge is 0.352 e. The number of carbonyl (C=O) groups is 1. The molecule has 5 nitrogen and oxygen atoms in total. The maximum absolute atomic E-state index is 13.4. The molecule has 6 heteroatoms. The van der Waals surface area contributed by atoms with E-state index in [1.54, 1.807) is 24.3 Å². The summed E-state index contributed by atoms with van der Waals surface area (Å²) < 4.78 is 28.1. The Bertz CT molecular complexity index is 942. The first-order valence-corrected chi connectivity index (χ1v) is 11.7. The van der Waals surface area contributed by atoms with Crippen molar-refractivity contribution in [1.82, 2.24) is 5.32 Å². The quantitative estimate of drug-likeness (QED) is 0.768. The molecule has 1 fully saturated rings. The van der Waals surface area contributed by atoms with Crippen LogP contribution in [-0.4, -0.2) is 26.9 Å². The third-order valence-corrected chi connectivity index (χ3v) is 7.15. The highest BCUT2D eigenvalue weighted by molar-refractivity contribution is 7.92. The lowest BCUT2D eigenvalue weighted by atomic mass is 9.95. The zero-order chi connectivity index (χ0) is 21.0. The lowest BCUT2D eigenvalue weighted by Gasteiger charge is -2.27. The van der Waals surface area contributed by atoms with E-state index in [4.69, 9.17) is 0 Å². The van der Waals surface area contributed by atoms with Crippen molar-refractivity contribution < 1.29 is 13.2 Å². The molecule has 3 rings (SSSR count). The van der Waals surface area contributed by atoms with Gasteiger partial charge < -0.3 is 5.32 Å². The number of carbonyl (C=O) groups excluding carboxylic acids is 1. The van der Waals surface area contributed by atoms with Gasteiger partial charge in [0.05, 0.1) is 10.6 Å². The second-order valence-electron chi connectivity index (χ2n) is 8.07. The van der Waals surface area contributed by atoms with E-state index in [-0.39, 0.29) is 23.4 Å². The highest BCUT2D eigenvalue weighted by atomic mass is 32.2. The Morgan fingerprint density at radius 2 is 1.52 bits per heavy atom. The molecule has 0 unspecified atom stereocenters. The lowest BCUT2D eigenvalue weighted by Crippen LogP contribution is -2.45. The normalized spacial score (nSPS) is 15.1. The van der Waals surface area contributed by atoms with Gasteiger partial charge in [0.2, 0.25) is 5.91 Å². The van der Waals surface area contributed by atoms with E-state index in [9.17, 15) is 13.2 Å². The molecule has 1 aliphatic rings. The number of aryl methyl sites for hydroxylation is 3. The number of anilines is 1. The second-order valence-corrected chi connectivity index (χ2v) is 9.94. The molecular formula is C23H30N2O3S. The van der Waals surface area contributed by atoms with Crippen LogP contribution < -0.4 is 9.62 Å². The molecule has 1 amide bonds. The van der Waals surface area contributed by atoms with Gasteiger partial charge in [0.15, 0.2) is 0 Å². The third-order valence-electron chi connectivity index (χ3n) is 5.36. The molecule has 0 bridgehead atoms. The van der Waals surface area contributed by atoms with Crippen molar-refractivity contribution >= 4 is 21.6 Å². The van der Waals surface area contributed by atoms with Crippen LogP contribution in [0.3, 0.4) is 0 Å². The van der Waals surface area contributed by atoms with E-state index in [1.165, 1.54) is 10.7 Å². The van der Waals surface area contributed by atoms with Gasteiger partial charge in [-0.2, -0.15) is 0 Å². The molecule has 1 aliphatic carbocycles. The Morgan fingerprint density at radius 3 is 2.10 bits per heavy atom. The van der Waals surface area contributed by atoms with Gasteiger partial charge in [0, 0.05) is 6.04 Å². The Labute approximate surface area is 174 Å². The van der Waals surface area contributed by atoms with Crippen LogP contribution in [0, 0.1) is 20.8 Å². The maximum Gasteiger partial charge on any atom is 0.264 e. The molecule has 1 saturated carbocycles. The first kappa shape index (κ1) is 21.4. The average Bonchev–Trinajstić information content (AvgIpc) is 2.66. The van der Waals surface area contributed by atoms with Crippen LogP contribution in [0.25, 0.3) is 0 Å². The molecule has 0 atom stereocenters. The Morgan fingerprint density at radius 1 is 0.931 bits per heavy atom. The predicted octanol–water partition coefficient (Wildman–Crippen LogP) is 4.26. The van der Waals surface area contributed by atoms with E-state index in [0.717, 1.165) is 42.4 Å². The fourth-order valence-corrected chi connectivity index (χ4v) is 5.30. The summed E-state index contributed by atoms with van der Waals surface area (Å²) in [5.74, 6) is -0.258. The number of hydrogen-bond acceptors (Lipinski definition) is 3. The molecule has 0 heterocycles. The van der Waals surface area contributed by atoms with Crippen molar-refractivity contribution in [2.75, 3.05) is 10.8 Å². The number of rotatable bonds is 6. The number of nitrogens with zero attached hydrogens (tertiary/aromatic N) is 1. The van der Waals surface area contributed by atoms with Crippen LogP contribution in [-0.2, 0) is 14.8 Å². The summed E-state index contributed by atoms with van der Waals surface area (Å²) >= 11 is 0. The van der Waals surface area contributed by atoms with Crippen molar-refractivity contribution in [3.05, 3.63) is 59.2 Å². The Balaban J connectivity index is 1.92. The van der Waals surface area contributed by atoms with Crippen LogP contribution >= 0.6 is 0 Å². The highest BCUT2D eigenvalue weighted by Gasteiger charge is 2.28. The smallest absolute Gasteiger partial charge is 0.264 e. The minimum atomic E-state index is -3.87. The summed E-state index contributed by atoms with van der Waals surface area (Å²) in [6, 6.07) is 12.5. The van der Waals surface area contributed by atoms with Gasteiger partial charge in [-0.3, -0.25) is 9.10 Å². The number of benzene rings is 2. The number of amides is 1. The van der Waals surface area contributed by atoms with Gasteiger partial charge in [-0.1, -0.05) is 43.0 Å². The highest BCUT2D eigenvalue weighted by Crippen LogP contribution is 2.26. The predicted molar refractivity (Wildman–Crippen MR) is 117 cm³/mol. The van der Waals surface area contributed by atoms with E-state index < -0.39 is 10.0 Å². The third kappa shape index (κ3) is 5.38. The maximum atomic E-state index is 13.4. The van der Waals surface area contributed by atoms with Crippen LogP contribution in [0.2, 0.25) is 0 Å². The zero-order valence-corrected chi connectivity index (χ0v) is 18.3. The van der Waals surface area contributed by atoms with Crippen molar-refractivity contribution in [2.45, 2.75) is 63.8 Å². The summed E-state index contributed by atoms with van der Waals surface area (Å²) in [4.78, 5) is 13.0. The molecule has 0 spiro atoms. The van der Waals surface area contributed by atoms with Crippen LogP contribution in [0.4, 0.5) is 5.69 Å². The molecule has 0 aromatic heterocycles. The van der Waals surface area contributed by atoms with Gasteiger partial charge in [-0.25, -0.2) is 8.42 Å². The summed E-state index contributed by atoms with van der Waals surface area (Å²) in [6.07, 6.45) is 5.32. The minimum Gasteiger partial charge on any atom is -0.352 e. The number of hydrogen-bond donors (Lipinski definition) is 1. The molecule has 2 aromatic carbocycles. The van der Waals surface area contributed by atoms with Crippen molar-refractivity contribution in [3.63, 3.8) is 0 Å². The molecule has 0 aliphatic heterocycles. The van der Waals surface area contributed by atoms with Gasteiger partial charge in [0.1, 0.15) is 6.54 Å². The lowest BCUT2D eigenvalue weighted by molar-refractivity contribution is -0.120. The Kier molecular flexibility index (Phi) is 6.63. The van der Waals surface area contributed by atoms with Gasteiger partial charge in [-0.05, 0) is 69.0 Å². The van der Waals surface area contributed by atoms with Gasteiger partial charge in [0.25, 0.3) is 10.0 Å². The average molecular weight is 415 g/mol. The summed E-state index contributed by atoms with van der Waals surface area (Å²) in [5, 5.41) is 3.04. The molecule has 0 radical (unpaired) electrons. The monoisotopic (exact) mass is 414 g/mol. The first-order valence-electron chi connectivity index (χ1n) is 10.2. The standard InChI is InChI=1S/C23H30N2O3S/c1-17-9-11-22(12-10-17)29(27,28)25(21-14-18(2)13-19(3)15-21)16-23(26)24-20-7-5-4-6-8-20/h9-15,20H,4-8,16H2,1-3H3,(H,24,26). The van der Waals surface area contributed by atoms with Crippen LogP contribution in [0.1, 0.15) is 48.8 Å². The summed E-state index contributed by atoms with van der Waals surface area (Å²) in [5.41, 5.74) is 3.41. The van der Waals surface area contributed by atoms with Crippen LogP contribution in [0.15, 0.2) is 47.4 Å². The van der Waals surface area contributed by atoms with E-state index >= 15 is 0 Å². The first-order chi connectivity index (χ1) is 13.8.